The van der Waals surface area contributed by atoms with Crippen molar-refractivity contribution in [3.8, 4) is 11.8 Å². The molecule has 1 aliphatic rings. The number of halogens is 2. The number of fused-ring (bicyclic) bond motifs is 1. The van der Waals surface area contributed by atoms with Gasteiger partial charge in [0.15, 0.2) is 0 Å². The lowest BCUT2D eigenvalue weighted by atomic mass is 9.99. The molecule has 0 aromatic heterocycles. The molecule has 0 N–H and O–H groups in total. The first-order valence-corrected chi connectivity index (χ1v) is 7.48. The van der Waals surface area contributed by atoms with Gasteiger partial charge in [-0.2, -0.15) is 5.26 Å². The fourth-order valence-electron chi connectivity index (χ4n) is 2.01. The van der Waals surface area contributed by atoms with Gasteiger partial charge in [0.2, 0.25) is 0 Å². The molecule has 7 heteroatoms. The molecule has 0 radical (unpaired) electrons. The molecule has 0 saturated carbocycles. The Bertz CT molecular complexity index is 556. The largest absolute Gasteiger partial charge is 0.488 e. The zero-order chi connectivity index (χ0) is 13.3. The van der Waals surface area contributed by atoms with Crippen LogP contribution in [0.1, 0.15) is 11.1 Å². The second kappa shape index (κ2) is 5.40. The van der Waals surface area contributed by atoms with E-state index in [4.69, 9.17) is 10.00 Å². The van der Waals surface area contributed by atoms with Crippen molar-refractivity contribution in [1.82, 2.24) is 0 Å². The lowest BCUT2D eigenvalue weighted by Crippen LogP contribution is -2.13. The quantitative estimate of drug-likeness (QED) is 0.324. The van der Waals surface area contributed by atoms with Crippen LogP contribution in [0.25, 0.3) is 0 Å². The highest BCUT2D eigenvalue weighted by Gasteiger charge is 2.31. The van der Waals surface area contributed by atoms with Gasteiger partial charge in [-0.3, -0.25) is 10.1 Å². The Kier molecular flexibility index (Phi) is 4.07. The average Bonchev–Trinajstić information content (AvgIpc) is 2.77. The fraction of sp³-hybridized carbons (Fsp3) is 0.364. The zero-order valence-corrected chi connectivity index (χ0v) is 12.9. The van der Waals surface area contributed by atoms with Crippen LogP contribution in [0.4, 0.5) is 5.69 Å². The molecule has 0 aliphatic carbocycles. The predicted octanol–water partition coefficient (Wildman–Crippen LogP) is 3.16. The summed E-state index contributed by atoms with van der Waals surface area (Å²) in [5.74, 6) is 0.646. The van der Waals surface area contributed by atoms with Gasteiger partial charge in [0.25, 0.3) is 5.69 Å². The summed E-state index contributed by atoms with van der Waals surface area (Å²) in [7, 11) is 0. The summed E-state index contributed by atoms with van der Waals surface area (Å²) < 4.78 is 7.11. The minimum atomic E-state index is -0.449. The first-order chi connectivity index (χ1) is 8.58. The smallest absolute Gasteiger partial charge is 0.275 e. The number of nitriles is 1. The van der Waals surface area contributed by atoms with E-state index in [0.717, 1.165) is 9.99 Å². The van der Waals surface area contributed by atoms with E-state index in [9.17, 15) is 10.1 Å². The van der Waals surface area contributed by atoms with E-state index >= 15 is 0 Å². The number of rotatable bonds is 3. The predicted molar refractivity (Wildman–Crippen MR) is 77.1 cm³/mol. The molecule has 0 amide bonds. The molecule has 0 spiro atoms. The molecule has 1 aromatic carbocycles. The number of hydrogen-bond donors (Lipinski definition) is 0. The summed E-state index contributed by atoms with van der Waals surface area (Å²) in [6.45, 7) is 0. The van der Waals surface area contributed by atoms with Crippen molar-refractivity contribution in [3.05, 3.63) is 31.8 Å². The van der Waals surface area contributed by atoms with E-state index in [-0.39, 0.29) is 18.2 Å². The summed E-state index contributed by atoms with van der Waals surface area (Å²) in [6, 6.07) is 3.40. The summed E-state index contributed by atoms with van der Waals surface area (Å²) in [4.78, 5) is 10.6. The molecule has 1 atom stereocenters. The normalized spacial score (nSPS) is 16.8. The molecule has 0 saturated heterocycles. The van der Waals surface area contributed by atoms with Crippen LogP contribution in [-0.2, 0) is 12.8 Å². The molecule has 2 rings (SSSR count). The van der Waals surface area contributed by atoms with E-state index in [2.05, 4.69) is 38.5 Å². The Hall–Kier alpha value is -0.880. The number of nitrogens with zero attached hydrogens (tertiary/aromatic N) is 2. The highest BCUT2D eigenvalue weighted by molar-refractivity contribution is 14.1. The Morgan fingerprint density at radius 1 is 1.72 bits per heavy atom. The molecule has 94 valence electrons. The monoisotopic (exact) mass is 422 g/mol. The Labute approximate surface area is 126 Å². The summed E-state index contributed by atoms with van der Waals surface area (Å²) in [6.07, 6.45) is 0.676. The molecule has 1 heterocycles. The van der Waals surface area contributed by atoms with Crippen molar-refractivity contribution in [2.24, 2.45) is 0 Å². The third-order valence-electron chi connectivity index (χ3n) is 2.77. The van der Waals surface area contributed by atoms with Crippen molar-refractivity contribution in [3.63, 3.8) is 0 Å². The number of hydrogen-bond acceptors (Lipinski definition) is 4. The minimum Gasteiger partial charge on any atom is -0.488 e. The highest BCUT2D eigenvalue weighted by Crippen LogP contribution is 2.43. The summed E-state index contributed by atoms with van der Waals surface area (Å²) in [5.41, 5.74) is 1.26. The van der Waals surface area contributed by atoms with Crippen LogP contribution in [0.2, 0.25) is 0 Å². The van der Waals surface area contributed by atoms with Gasteiger partial charge in [-0.05, 0) is 15.9 Å². The lowest BCUT2D eigenvalue weighted by molar-refractivity contribution is -0.385. The van der Waals surface area contributed by atoms with Crippen LogP contribution in [-0.4, -0.2) is 15.5 Å². The summed E-state index contributed by atoms with van der Waals surface area (Å²) >= 11 is 5.51. The fourth-order valence-corrected chi connectivity index (χ4v) is 3.05. The maximum atomic E-state index is 11.0. The van der Waals surface area contributed by atoms with Crippen LogP contribution in [0.5, 0.6) is 5.75 Å². The Morgan fingerprint density at radius 2 is 2.44 bits per heavy atom. The van der Waals surface area contributed by atoms with Gasteiger partial charge < -0.3 is 4.74 Å². The average molecular weight is 423 g/mol. The van der Waals surface area contributed by atoms with Crippen LogP contribution in [0.3, 0.4) is 0 Å². The lowest BCUT2D eigenvalue weighted by Gasteiger charge is -2.08. The van der Waals surface area contributed by atoms with Gasteiger partial charge in [-0.15, -0.1) is 0 Å². The molecule has 0 bridgehead atoms. The van der Waals surface area contributed by atoms with E-state index in [1.165, 1.54) is 6.07 Å². The van der Waals surface area contributed by atoms with E-state index in [0.29, 0.717) is 22.2 Å². The minimum absolute atomic E-state index is 0.0140. The molecule has 1 unspecified atom stereocenters. The van der Waals surface area contributed by atoms with Crippen LogP contribution in [0, 0.1) is 21.4 Å². The van der Waals surface area contributed by atoms with Gasteiger partial charge in [0.05, 0.1) is 27.4 Å². The third kappa shape index (κ3) is 2.31. The number of ether oxygens (including phenoxy) is 1. The molecule has 5 nitrogen and oxygen atoms in total. The van der Waals surface area contributed by atoms with Crippen LogP contribution in [0.15, 0.2) is 10.5 Å². The number of alkyl halides is 1. The topological polar surface area (TPSA) is 76.2 Å². The third-order valence-corrected chi connectivity index (χ3v) is 4.34. The highest BCUT2D eigenvalue weighted by atomic mass is 127. The second-order valence-corrected chi connectivity index (χ2v) is 5.59. The maximum Gasteiger partial charge on any atom is 0.275 e. The van der Waals surface area contributed by atoms with Crippen molar-refractivity contribution in [1.29, 1.82) is 5.26 Å². The van der Waals surface area contributed by atoms with Crippen molar-refractivity contribution < 1.29 is 9.66 Å². The Balaban J connectivity index is 2.60. The standard InChI is InChI=1S/C11H8BrIN2O3/c12-9-4-10(15(16)17)7(1-2-14)8-3-6(5-13)18-11(8)9/h4,6H,1,3,5H2. The van der Waals surface area contributed by atoms with Crippen molar-refractivity contribution in [2.75, 3.05) is 4.43 Å². The molecular weight excluding hydrogens is 415 g/mol. The number of nitro groups is 1. The van der Waals surface area contributed by atoms with Crippen LogP contribution >= 0.6 is 38.5 Å². The molecule has 1 aliphatic heterocycles. The van der Waals surface area contributed by atoms with Gasteiger partial charge in [0.1, 0.15) is 11.9 Å². The summed E-state index contributed by atoms with van der Waals surface area (Å²) in [5, 5.41) is 19.9. The van der Waals surface area contributed by atoms with E-state index < -0.39 is 4.92 Å². The van der Waals surface area contributed by atoms with Gasteiger partial charge in [0, 0.05) is 22.5 Å². The second-order valence-electron chi connectivity index (χ2n) is 3.85. The maximum absolute atomic E-state index is 11.0. The van der Waals surface area contributed by atoms with Crippen molar-refractivity contribution >= 4 is 44.2 Å². The van der Waals surface area contributed by atoms with Gasteiger partial charge in [-0.25, -0.2) is 0 Å². The van der Waals surface area contributed by atoms with E-state index in [1.807, 2.05) is 6.07 Å². The van der Waals surface area contributed by atoms with Crippen molar-refractivity contribution in [2.45, 2.75) is 18.9 Å². The van der Waals surface area contributed by atoms with Gasteiger partial charge in [-0.1, -0.05) is 22.6 Å². The molecule has 1 aromatic rings. The first kappa shape index (κ1) is 13.5. The van der Waals surface area contributed by atoms with Gasteiger partial charge >= 0.3 is 0 Å². The SMILES string of the molecule is N#CCc1c([N+](=O)[O-])cc(Br)c2c1CC(CI)O2. The first-order valence-electron chi connectivity index (χ1n) is 5.16. The molecule has 18 heavy (non-hydrogen) atoms. The Morgan fingerprint density at radius 3 is 3.00 bits per heavy atom. The molecule has 0 fully saturated rings. The number of benzene rings is 1. The molecular formula is C11H8BrIN2O3. The van der Waals surface area contributed by atoms with E-state index in [1.54, 1.807) is 0 Å². The number of nitro benzene ring substituents is 1. The van der Waals surface area contributed by atoms with Crippen LogP contribution < -0.4 is 4.74 Å². The zero-order valence-electron chi connectivity index (χ0n) is 9.15.